The molecule has 8 heteroatoms. The number of nitrogens with zero attached hydrogens (tertiary/aromatic N) is 2. The van der Waals surface area contributed by atoms with Gasteiger partial charge in [0.15, 0.2) is 5.17 Å². The van der Waals surface area contributed by atoms with Crippen molar-refractivity contribution in [1.29, 1.82) is 0 Å². The summed E-state index contributed by atoms with van der Waals surface area (Å²) >= 11 is 20.2. The normalized spacial score (nSPS) is 11.4. The van der Waals surface area contributed by atoms with E-state index in [2.05, 4.69) is 4.90 Å². The van der Waals surface area contributed by atoms with Gasteiger partial charge in [0.2, 0.25) is 0 Å². The van der Waals surface area contributed by atoms with Gasteiger partial charge in [-0.05, 0) is 78.2 Å². The Bertz CT molecular complexity index is 1340. The van der Waals surface area contributed by atoms with Gasteiger partial charge >= 0.3 is 0 Å². The summed E-state index contributed by atoms with van der Waals surface area (Å²) in [5.74, 6) is 0.992. The molecule has 0 amide bonds. The number of benzene rings is 4. The molecule has 0 heterocycles. The van der Waals surface area contributed by atoms with Crippen LogP contribution in [-0.2, 0) is 13.0 Å². The Morgan fingerprint density at radius 3 is 2.19 bits per heavy atom. The molecule has 4 nitrogen and oxygen atoms in total. The molecule has 4 rings (SSSR count). The number of aromatic hydroxyl groups is 1. The van der Waals surface area contributed by atoms with Gasteiger partial charge in [-0.15, -0.1) is 0 Å². The Morgan fingerprint density at radius 1 is 0.838 bits per heavy atom. The third-order valence-corrected chi connectivity index (χ3v) is 7.20. The molecule has 0 unspecified atom stereocenters. The summed E-state index contributed by atoms with van der Waals surface area (Å²) in [5, 5.41) is 12.3. The first-order chi connectivity index (χ1) is 17.9. The highest BCUT2D eigenvalue weighted by Gasteiger charge is 2.16. The number of methoxy groups -OCH3 is 1. The van der Waals surface area contributed by atoms with Crippen LogP contribution in [0.4, 0.5) is 5.69 Å². The molecule has 0 bridgehead atoms. The lowest BCUT2D eigenvalue weighted by Gasteiger charge is -2.26. The van der Waals surface area contributed by atoms with Crippen molar-refractivity contribution in [3.8, 4) is 11.5 Å². The van der Waals surface area contributed by atoms with Gasteiger partial charge in [0.1, 0.15) is 11.5 Å². The maximum Gasteiger partial charge on any atom is 0.169 e. The molecule has 0 aliphatic rings. The van der Waals surface area contributed by atoms with Crippen LogP contribution in [0.1, 0.15) is 11.1 Å². The molecule has 1 N–H and O–H groups in total. The molecule has 0 radical (unpaired) electrons. The Labute approximate surface area is 236 Å². The molecule has 0 fully saturated rings. The van der Waals surface area contributed by atoms with Gasteiger partial charge in [-0.2, -0.15) is 0 Å². The number of phenols is 1. The van der Waals surface area contributed by atoms with Crippen molar-refractivity contribution in [2.24, 2.45) is 4.99 Å². The fourth-order valence-corrected chi connectivity index (χ4v) is 5.23. The molecule has 37 heavy (non-hydrogen) atoms. The van der Waals surface area contributed by atoms with E-state index in [-0.39, 0.29) is 5.75 Å². The average molecular weight is 572 g/mol. The zero-order valence-corrected chi connectivity index (χ0v) is 23.2. The molecule has 0 saturated heterocycles. The van der Waals surface area contributed by atoms with Crippen molar-refractivity contribution in [3.63, 3.8) is 0 Å². The highest BCUT2D eigenvalue weighted by Crippen LogP contribution is 2.31. The molecule has 0 aromatic heterocycles. The van der Waals surface area contributed by atoms with E-state index in [1.807, 2.05) is 60.7 Å². The number of halogens is 3. The zero-order chi connectivity index (χ0) is 26.2. The van der Waals surface area contributed by atoms with Gasteiger partial charge in [0, 0.05) is 33.1 Å². The number of thioether (sulfide) groups is 1. The highest BCUT2D eigenvalue weighted by atomic mass is 35.5. The highest BCUT2D eigenvalue weighted by molar-refractivity contribution is 8.13. The van der Waals surface area contributed by atoms with Gasteiger partial charge < -0.3 is 14.7 Å². The summed E-state index contributed by atoms with van der Waals surface area (Å²) < 4.78 is 5.43. The smallest absolute Gasteiger partial charge is 0.169 e. The van der Waals surface area contributed by atoms with E-state index in [1.165, 1.54) is 11.8 Å². The first-order valence-corrected chi connectivity index (χ1v) is 13.5. The fourth-order valence-electron chi connectivity index (χ4n) is 3.62. The van der Waals surface area contributed by atoms with Crippen LogP contribution in [0.2, 0.25) is 15.1 Å². The van der Waals surface area contributed by atoms with Crippen molar-refractivity contribution in [2.75, 3.05) is 13.7 Å². The van der Waals surface area contributed by atoms with E-state index < -0.39 is 0 Å². The van der Waals surface area contributed by atoms with Crippen LogP contribution in [0.3, 0.4) is 0 Å². The van der Waals surface area contributed by atoms with Crippen molar-refractivity contribution < 1.29 is 9.84 Å². The number of rotatable bonds is 8. The van der Waals surface area contributed by atoms with Crippen molar-refractivity contribution >= 4 is 57.4 Å². The van der Waals surface area contributed by atoms with Gasteiger partial charge in [-0.25, -0.2) is 4.99 Å². The molecule has 0 atom stereocenters. The van der Waals surface area contributed by atoms with Crippen molar-refractivity contribution in [3.05, 3.63) is 117 Å². The van der Waals surface area contributed by atoms with E-state index in [1.54, 1.807) is 37.4 Å². The van der Waals surface area contributed by atoms with E-state index in [0.29, 0.717) is 33.8 Å². The Balaban J connectivity index is 1.73. The molecule has 4 aromatic carbocycles. The molecule has 0 aliphatic heterocycles. The molecule has 0 spiro atoms. The largest absolute Gasteiger partial charge is 0.508 e. The fraction of sp³-hybridized carbons (Fsp3) is 0.138. The molecule has 4 aromatic rings. The summed E-state index contributed by atoms with van der Waals surface area (Å²) in [6.45, 7) is 1.27. The number of hydrogen-bond acceptors (Lipinski definition) is 4. The summed E-state index contributed by atoms with van der Waals surface area (Å²) in [5.41, 5.74) is 2.86. The molecule has 0 aliphatic carbocycles. The van der Waals surface area contributed by atoms with Crippen LogP contribution < -0.4 is 4.74 Å². The third kappa shape index (κ3) is 8.34. The second kappa shape index (κ2) is 13.1. The second-order valence-corrected chi connectivity index (χ2v) is 10.6. The lowest BCUT2D eigenvalue weighted by molar-refractivity contribution is 0.413. The minimum absolute atomic E-state index is 0.227. The Morgan fingerprint density at radius 2 is 1.51 bits per heavy atom. The van der Waals surface area contributed by atoms with Crippen LogP contribution in [0.5, 0.6) is 11.5 Å². The summed E-state index contributed by atoms with van der Waals surface area (Å²) in [4.78, 5) is 8.19. The van der Waals surface area contributed by atoms with Gasteiger partial charge in [0.05, 0.1) is 12.8 Å². The van der Waals surface area contributed by atoms with Gasteiger partial charge in [0.25, 0.3) is 0 Å². The first kappa shape index (κ1) is 27.2. The van der Waals surface area contributed by atoms with Gasteiger partial charge in [-0.3, -0.25) is 0 Å². The number of phenolic OH excluding ortho intramolecular Hbond substituents is 1. The SMILES string of the molecule is COc1cccc(SC(=Nc2cc(Cl)cc(Cl)c2)N(CCc2ccc(Cl)cc2)Cc2ccc(O)cc2)c1. The number of amidine groups is 1. The maximum atomic E-state index is 9.78. The van der Waals surface area contributed by atoms with E-state index in [0.717, 1.165) is 33.4 Å². The van der Waals surface area contributed by atoms with E-state index >= 15 is 0 Å². The summed E-state index contributed by atoms with van der Waals surface area (Å²) in [6.07, 6.45) is 0.781. The number of ether oxygens (including phenoxy) is 1. The van der Waals surface area contributed by atoms with E-state index in [4.69, 9.17) is 44.5 Å². The first-order valence-electron chi connectivity index (χ1n) is 11.5. The minimum atomic E-state index is 0.227. The lowest BCUT2D eigenvalue weighted by Crippen LogP contribution is -2.30. The second-order valence-electron chi connectivity index (χ2n) is 8.27. The molecular weight excluding hydrogens is 547 g/mol. The summed E-state index contributed by atoms with van der Waals surface area (Å²) in [6, 6.07) is 28.2. The van der Waals surface area contributed by atoms with Gasteiger partial charge in [-0.1, -0.05) is 76.9 Å². The van der Waals surface area contributed by atoms with Crippen LogP contribution in [0.15, 0.2) is 101 Å². The molecular formula is C29H25Cl3N2O2S. The topological polar surface area (TPSA) is 45.1 Å². The van der Waals surface area contributed by atoms with Crippen LogP contribution in [-0.4, -0.2) is 28.8 Å². The van der Waals surface area contributed by atoms with Crippen molar-refractivity contribution in [2.45, 2.75) is 17.9 Å². The Hall–Kier alpha value is -2.83. The predicted molar refractivity (Wildman–Crippen MR) is 156 cm³/mol. The maximum absolute atomic E-state index is 9.78. The third-order valence-electron chi connectivity index (χ3n) is 5.49. The zero-order valence-electron chi connectivity index (χ0n) is 20.1. The van der Waals surface area contributed by atoms with Crippen molar-refractivity contribution in [1.82, 2.24) is 4.90 Å². The monoisotopic (exact) mass is 570 g/mol. The molecule has 0 saturated carbocycles. The standard InChI is InChI=1S/C29H25Cl3N2O2S/c1-36-27-3-2-4-28(18-27)37-29(33-25-16-23(31)15-24(32)17-25)34(19-21-7-11-26(35)12-8-21)14-13-20-5-9-22(30)10-6-20/h2-12,15-18,35H,13-14,19H2,1H3. The summed E-state index contributed by atoms with van der Waals surface area (Å²) in [7, 11) is 1.65. The minimum Gasteiger partial charge on any atom is -0.508 e. The number of aliphatic imine (C=N–C) groups is 1. The van der Waals surface area contributed by atoms with Crippen LogP contribution in [0.25, 0.3) is 0 Å². The van der Waals surface area contributed by atoms with E-state index in [9.17, 15) is 5.11 Å². The molecule has 190 valence electrons. The quantitative estimate of drug-likeness (QED) is 0.130. The predicted octanol–water partition coefficient (Wildman–Crippen LogP) is 8.89. The number of hydrogen-bond donors (Lipinski definition) is 1. The lowest BCUT2D eigenvalue weighted by atomic mass is 10.1. The average Bonchev–Trinajstić information content (AvgIpc) is 2.88. The Kier molecular flexibility index (Phi) is 9.64. The van der Waals surface area contributed by atoms with Crippen LogP contribution >= 0.6 is 46.6 Å². The van der Waals surface area contributed by atoms with Crippen LogP contribution in [0, 0.1) is 0 Å².